The predicted octanol–water partition coefficient (Wildman–Crippen LogP) is 2.14. The number of likely N-dealkylation sites (N-methyl/N-ethyl adjacent to an activating group) is 1. The number of ether oxygens (including phenoxy) is 1. The molecular weight excluding hydrogens is 304 g/mol. The number of aliphatic carboxylic acids is 1. The highest BCUT2D eigenvalue weighted by molar-refractivity contribution is 5.69. The summed E-state index contributed by atoms with van der Waals surface area (Å²) in [5, 5.41) is 8.88. The van der Waals surface area contributed by atoms with Crippen molar-refractivity contribution in [2.75, 3.05) is 46.4 Å². The van der Waals surface area contributed by atoms with Crippen LogP contribution in [0.5, 0.6) is 0 Å². The predicted molar refractivity (Wildman–Crippen MR) is 95.3 cm³/mol. The molecule has 1 aromatic rings. The quantitative estimate of drug-likeness (QED) is 0.789. The maximum Gasteiger partial charge on any atom is 0.317 e. The fourth-order valence-electron chi connectivity index (χ4n) is 3.38. The third kappa shape index (κ3) is 5.89. The van der Waals surface area contributed by atoms with E-state index in [9.17, 15) is 4.79 Å². The van der Waals surface area contributed by atoms with Gasteiger partial charge in [0.15, 0.2) is 0 Å². The van der Waals surface area contributed by atoms with E-state index in [1.807, 2.05) is 11.9 Å². The van der Waals surface area contributed by atoms with Crippen LogP contribution in [0.2, 0.25) is 0 Å². The van der Waals surface area contributed by atoms with Gasteiger partial charge in [-0.15, -0.1) is 0 Å². The average molecular weight is 334 g/mol. The summed E-state index contributed by atoms with van der Waals surface area (Å²) < 4.78 is 5.83. The number of carboxylic acids is 1. The van der Waals surface area contributed by atoms with E-state index in [4.69, 9.17) is 9.84 Å². The van der Waals surface area contributed by atoms with Gasteiger partial charge in [0.2, 0.25) is 0 Å². The fraction of sp³-hybridized carbons (Fsp3) is 0.632. The highest BCUT2D eigenvalue weighted by Gasteiger charge is 2.26. The van der Waals surface area contributed by atoms with Gasteiger partial charge >= 0.3 is 5.97 Å². The molecule has 0 saturated carbocycles. The largest absolute Gasteiger partial charge is 0.480 e. The van der Waals surface area contributed by atoms with Crippen molar-refractivity contribution in [3.63, 3.8) is 0 Å². The number of hydrogen-bond donors (Lipinski definition) is 1. The van der Waals surface area contributed by atoms with Crippen molar-refractivity contribution in [2.24, 2.45) is 5.92 Å². The van der Waals surface area contributed by atoms with Crippen LogP contribution in [0, 0.1) is 5.92 Å². The molecule has 0 spiro atoms. The molecule has 1 saturated heterocycles. The van der Waals surface area contributed by atoms with Gasteiger partial charge in [0.05, 0.1) is 19.3 Å². The second-order valence-electron chi connectivity index (χ2n) is 7.10. The van der Waals surface area contributed by atoms with E-state index in [0.29, 0.717) is 25.0 Å². The molecule has 0 amide bonds. The van der Waals surface area contributed by atoms with Crippen molar-refractivity contribution in [2.45, 2.75) is 25.9 Å². The summed E-state index contributed by atoms with van der Waals surface area (Å²) in [6.07, 6.45) is 0.0756. The number of carboxylic acid groups (broad SMARTS) is 1. The molecule has 0 bridgehead atoms. The molecule has 1 aliphatic rings. The first-order valence-corrected chi connectivity index (χ1v) is 8.75. The van der Waals surface area contributed by atoms with Crippen LogP contribution < -0.4 is 0 Å². The van der Waals surface area contributed by atoms with Gasteiger partial charge in [0.1, 0.15) is 0 Å². The van der Waals surface area contributed by atoms with Crippen molar-refractivity contribution in [1.29, 1.82) is 0 Å². The first-order chi connectivity index (χ1) is 11.5. The van der Waals surface area contributed by atoms with Crippen LogP contribution in [0.4, 0.5) is 0 Å². The van der Waals surface area contributed by atoms with Gasteiger partial charge in [-0.05, 0) is 24.4 Å². The van der Waals surface area contributed by atoms with E-state index in [1.165, 1.54) is 5.56 Å². The molecule has 2 atom stereocenters. The molecule has 0 aliphatic carbocycles. The van der Waals surface area contributed by atoms with Crippen molar-refractivity contribution >= 4 is 5.97 Å². The Balaban J connectivity index is 1.92. The molecule has 2 unspecified atom stereocenters. The summed E-state index contributed by atoms with van der Waals surface area (Å²) in [5.74, 6) is 0.277. The lowest BCUT2D eigenvalue weighted by Crippen LogP contribution is -2.48. The van der Waals surface area contributed by atoms with Crippen molar-refractivity contribution in [3.05, 3.63) is 35.9 Å². The zero-order valence-corrected chi connectivity index (χ0v) is 15.0. The molecule has 24 heavy (non-hydrogen) atoms. The van der Waals surface area contributed by atoms with E-state index in [2.05, 4.69) is 49.1 Å². The second kappa shape index (κ2) is 9.16. The van der Waals surface area contributed by atoms with Crippen molar-refractivity contribution in [1.82, 2.24) is 9.80 Å². The number of morpholine rings is 1. The van der Waals surface area contributed by atoms with Gasteiger partial charge in [0, 0.05) is 26.2 Å². The maximum atomic E-state index is 10.8. The lowest BCUT2D eigenvalue weighted by atomic mass is 9.88. The first kappa shape index (κ1) is 18.9. The second-order valence-corrected chi connectivity index (χ2v) is 7.10. The van der Waals surface area contributed by atoms with Gasteiger partial charge in [-0.1, -0.05) is 44.2 Å². The van der Waals surface area contributed by atoms with E-state index in [1.54, 1.807) is 0 Å². The highest BCUT2D eigenvalue weighted by Crippen LogP contribution is 2.26. The lowest BCUT2D eigenvalue weighted by molar-refractivity contribution is -0.138. The number of nitrogens with zero attached hydrogens (tertiary/aromatic N) is 2. The number of benzene rings is 1. The van der Waals surface area contributed by atoms with Crippen LogP contribution in [0.25, 0.3) is 0 Å². The topological polar surface area (TPSA) is 53.0 Å². The number of hydrogen-bond acceptors (Lipinski definition) is 4. The van der Waals surface area contributed by atoms with Gasteiger partial charge in [-0.2, -0.15) is 0 Å². The molecule has 134 valence electrons. The molecule has 1 N–H and O–H groups in total. The SMILES string of the molecule is CC(C)C(CN1CCOC(CN(C)CC(=O)O)C1)c1ccccc1. The van der Waals surface area contributed by atoms with Gasteiger partial charge in [-0.25, -0.2) is 0 Å². The standard InChI is InChI=1S/C19H30N2O3/c1-15(2)18(16-7-5-4-6-8-16)13-21-9-10-24-17(12-21)11-20(3)14-19(22)23/h4-8,15,17-18H,9-14H2,1-3H3,(H,22,23). The third-order valence-corrected chi connectivity index (χ3v) is 4.63. The summed E-state index contributed by atoms with van der Waals surface area (Å²) in [5.41, 5.74) is 1.39. The monoisotopic (exact) mass is 334 g/mol. The number of rotatable bonds is 8. The average Bonchev–Trinajstić information content (AvgIpc) is 2.52. The Labute approximate surface area is 145 Å². The minimum absolute atomic E-state index is 0.0541. The van der Waals surface area contributed by atoms with Crippen molar-refractivity contribution in [3.8, 4) is 0 Å². The molecule has 0 aromatic heterocycles. The Bertz CT molecular complexity index is 507. The maximum absolute atomic E-state index is 10.8. The Kier molecular flexibility index (Phi) is 7.21. The van der Waals surface area contributed by atoms with Crippen LogP contribution >= 0.6 is 0 Å². The van der Waals surface area contributed by atoms with E-state index >= 15 is 0 Å². The van der Waals surface area contributed by atoms with E-state index in [0.717, 1.165) is 19.6 Å². The minimum Gasteiger partial charge on any atom is -0.480 e. The molecule has 5 heteroatoms. The third-order valence-electron chi connectivity index (χ3n) is 4.63. The molecular formula is C19H30N2O3. The van der Waals surface area contributed by atoms with Crippen LogP contribution in [-0.2, 0) is 9.53 Å². The summed E-state index contributed by atoms with van der Waals surface area (Å²) in [6.45, 7) is 8.79. The van der Waals surface area contributed by atoms with Crippen LogP contribution in [0.1, 0.15) is 25.3 Å². The van der Waals surface area contributed by atoms with Crippen LogP contribution in [0.15, 0.2) is 30.3 Å². The Morgan fingerprint density at radius 1 is 1.38 bits per heavy atom. The smallest absolute Gasteiger partial charge is 0.317 e. The Hall–Kier alpha value is -1.43. The molecule has 1 aromatic carbocycles. The molecule has 2 rings (SSSR count). The zero-order valence-electron chi connectivity index (χ0n) is 15.0. The summed E-state index contributed by atoms with van der Waals surface area (Å²) in [4.78, 5) is 15.1. The molecule has 1 heterocycles. The molecule has 1 aliphatic heterocycles. The van der Waals surface area contributed by atoms with Gasteiger partial charge in [0.25, 0.3) is 0 Å². The Morgan fingerprint density at radius 2 is 2.08 bits per heavy atom. The van der Waals surface area contributed by atoms with Crippen molar-refractivity contribution < 1.29 is 14.6 Å². The summed E-state index contributed by atoms with van der Waals surface area (Å²) >= 11 is 0. The van der Waals surface area contributed by atoms with Crippen LogP contribution in [-0.4, -0.2) is 73.4 Å². The van der Waals surface area contributed by atoms with Crippen LogP contribution in [0.3, 0.4) is 0 Å². The molecule has 0 radical (unpaired) electrons. The fourth-order valence-corrected chi connectivity index (χ4v) is 3.38. The van der Waals surface area contributed by atoms with E-state index < -0.39 is 5.97 Å². The molecule has 5 nitrogen and oxygen atoms in total. The lowest BCUT2D eigenvalue weighted by Gasteiger charge is -2.37. The minimum atomic E-state index is -0.797. The number of carbonyl (C=O) groups is 1. The first-order valence-electron chi connectivity index (χ1n) is 8.75. The normalized spacial score (nSPS) is 20.5. The van der Waals surface area contributed by atoms with Gasteiger partial charge < -0.3 is 9.84 Å². The van der Waals surface area contributed by atoms with Gasteiger partial charge in [-0.3, -0.25) is 14.6 Å². The zero-order chi connectivity index (χ0) is 17.5. The highest BCUT2D eigenvalue weighted by atomic mass is 16.5. The summed E-state index contributed by atoms with van der Waals surface area (Å²) in [7, 11) is 1.83. The summed E-state index contributed by atoms with van der Waals surface area (Å²) in [6, 6.07) is 10.7. The van der Waals surface area contributed by atoms with E-state index in [-0.39, 0.29) is 12.6 Å². The molecule has 1 fully saturated rings. The Morgan fingerprint density at radius 3 is 2.71 bits per heavy atom.